The van der Waals surface area contributed by atoms with Crippen molar-refractivity contribution in [3.05, 3.63) is 28.8 Å². The van der Waals surface area contributed by atoms with Crippen LogP contribution in [0.5, 0.6) is 0 Å². The standard InChI is InChI=1S/C15H18ClNO2/c16-12-8-10(2-3-13(12)17)14(18)11-4-7-19-15(9-11)5-1-6-15/h2-3,8,11H,1,4-7,9,17H2. The summed E-state index contributed by atoms with van der Waals surface area (Å²) < 4.78 is 5.86. The van der Waals surface area contributed by atoms with Gasteiger partial charge < -0.3 is 10.5 Å². The first kappa shape index (κ1) is 12.9. The van der Waals surface area contributed by atoms with Gasteiger partial charge in [0.25, 0.3) is 0 Å². The van der Waals surface area contributed by atoms with Gasteiger partial charge in [0, 0.05) is 18.1 Å². The van der Waals surface area contributed by atoms with E-state index >= 15 is 0 Å². The highest BCUT2D eigenvalue weighted by Gasteiger charge is 2.44. The lowest BCUT2D eigenvalue weighted by Crippen LogP contribution is -2.47. The second kappa shape index (κ2) is 4.80. The Kier molecular flexibility index (Phi) is 3.27. The van der Waals surface area contributed by atoms with Gasteiger partial charge in [-0.25, -0.2) is 0 Å². The maximum atomic E-state index is 12.5. The number of ketones is 1. The largest absolute Gasteiger partial charge is 0.398 e. The summed E-state index contributed by atoms with van der Waals surface area (Å²) in [5, 5.41) is 0.455. The van der Waals surface area contributed by atoms with Crippen LogP contribution >= 0.6 is 11.6 Å². The Morgan fingerprint density at radius 1 is 1.42 bits per heavy atom. The fourth-order valence-electron chi connectivity index (χ4n) is 3.09. The van der Waals surface area contributed by atoms with Crippen molar-refractivity contribution >= 4 is 23.1 Å². The molecule has 1 spiro atoms. The molecule has 0 bridgehead atoms. The minimum Gasteiger partial charge on any atom is -0.398 e. The maximum Gasteiger partial charge on any atom is 0.166 e. The van der Waals surface area contributed by atoms with Crippen LogP contribution < -0.4 is 5.73 Å². The van der Waals surface area contributed by atoms with Gasteiger partial charge in [-0.1, -0.05) is 11.6 Å². The molecule has 19 heavy (non-hydrogen) atoms. The molecule has 3 nitrogen and oxygen atoms in total. The Hall–Kier alpha value is -1.06. The number of hydrogen-bond donors (Lipinski definition) is 1. The Morgan fingerprint density at radius 3 is 2.84 bits per heavy atom. The van der Waals surface area contributed by atoms with E-state index in [4.69, 9.17) is 22.1 Å². The van der Waals surface area contributed by atoms with Crippen LogP contribution in [0.25, 0.3) is 0 Å². The summed E-state index contributed by atoms with van der Waals surface area (Å²) in [6, 6.07) is 5.16. The van der Waals surface area contributed by atoms with Gasteiger partial charge in [0.1, 0.15) is 0 Å². The smallest absolute Gasteiger partial charge is 0.166 e. The van der Waals surface area contributed by atoms with Gasteiger partial charge in [0.2, 0.25) is 0 Å². The Labute approximate surface area is 118 Å². The minimum absolute atomic E-state index is 0.00379. The molecule has 1 heterocycles. The molecular formula is C15H18ClNO2. The van der Waals surface area contributed by atoms with Gasteiger partial charge in [-0.15, -0.1) is 0 Å². The zero-order valence-electron chi connectivity index (χ0n) is 10.8. The van der Waals surface area contributed by atoms with Gasteiger partial charge in [0.15, 0.2) is 5.78 Å². The van der Waals surface area contributed by atoms with Gasteiger partial charge in [-0.05, 0) is 50.3 Å². The fourth-order valence-corrected chi connectivity index (χ4v) is 3.27. The molecule has 102 valence electrons. The average molecular weight is 280 g/mol. The molecule has 2 N–H and O–H groups in total. The first-order valence-electron chi connectivity index (χ1n) is 6.83. The molecule has 1 aromatic rings. The summed E-state index contributed by atoms with van der Waals surface area (Å²) in [4.78, 5) is 12.5. The zero-order valence-corrected chi connectivity index (χ0v) is 11.6. The van der Waals surface area contributed by atoms with Crippen LogP contribution in [0.2, 0.25) is 5.02 Å². The highest BCUT2D eigenvalue weighted by atomic mass is 35.5. The van der Waals surface area contributed by atoms with Crippen LogP contribution in [-0.2, 0) is 4.74 Å². The first-order chi connectivity index (χ1) is 9.10. The van der Waals surface area contributed by atoms with Gasteiger partial charge in [-0.3, -0.25) is 4.79 Å². The van der Waals surface area contributed by atoms with Crippen LogP contribution in [0, 0.1) is 5.92 Å². The number of nitrogen functional groups attached to an aromatic ring is 1. The molecule has 1 aliphatic heterocycles. The summed E-state index contributed by atoms with van der Waals surface area (Å²) in [6.07, 6.45) is 5.07. The number of Topliss-reactive ketones (excluding diaryl/α,β-unsaturated/α-hetero) is 1. The molecule has 2 fully saturated rings. The second-order valence-electron chi connectivity index (χ2n) is 5.68. The molecule has 2 aliphatic rings. The molecule has 0 amide bonds. The number of carbonyl (C=O) groups excluding carboxylic acids is 1. The number of benzene rings is 1. The van der Waals surface area contributed by atoms with Crippen molar-refractivity contribution in [2.75, 3.05) is 12.3 Å². The summed E-state index contributed by atoms with van der Waals surface area (Å²) in [7, 11) is 0. The Bertz CT molecular complexity index is 511. The Balaban J connectivity index is 1.77. The third-order valence-corrected chi connectivity index (χ3v) is 4.74. The van der Waals surface area contributed by atoms with Crippen LogP contribution in [0.3, 0.4) is 0 Å². The van der Waals surface area contributed by atoms with Crippen LogP contribution in [0.4, 0.5) is 5.69 Å². The summed E-state index contributed by atoms with van der Waals surface area (Å²) in [5.74, 6) is 0.241. The van der Waals surface area contributed by atoms with E-state index in [0.29, 0.717) is 22.9 Å². The second-order valence-corrected chi connectivity index (χ2v) is 6.08. The van der Waals surface area contributed by atoms with Gasteiger partial charge in [-0.2, -0.15) is 0 Å². The molecule has 0 radical (unpaired) electrons. The van der Waals surface area contributed by atoms with E-state index in [1.54, 1.807) is 18.2 Å². The van der Waals surface area contributed by atoms with Gasteiger partial charge in [0.05, 0.1) is 16.3 Å². The van der Waals surface area contributed by atoms with Crippen LogP contribution in [-0.4, -0.2) is 18.0 Å². The van der Waals surface area contributed by atoms with E-state index in [2.05, 4.69) is 0 Å². The molecule has 4 heteroatoms. The predicted octanol–water partition coefficient (Wildman–Crippen LogP) is 3.45. The Morgan fingerprint density at radius 2 is 2.21 bits per heavy atom. The molecule has 0 aromatic heterocycles. The van der Waals surface area contributed by atoms with Crippen molar-refractivity contribution in [1.82, 2.24) is 0 Å². The summed E-state index contributed by atoms with van der Waals surface area (Å²) >= 11 is 5.99. The van der Waals surface area contributed by atoms with E-state index < -0.39 is 0 Å². The number of hydrogen-bond acceptors (Lipinski definition) is 3. The average Bonchev–Trinajstić information content (AvgIpc) is 2.39. The van der Waals surface area contributed by atoms with Gasteiger partial charge >= 0.3 is 0 Å². The predicted molar refractivity (Wildman–Crippen MR) is 75.5 cm³/mol. The monoisotopic (exact) mass is 279 g/mol. The lowest BCUT2D eigenvalue weighted by molar-refractivity contribution is -0.137. The number of ether oxygens (including phenoxy) is 1. The molecule has 1 saturated heterocycles. The molecular weight excluding hydrogens is 262 g/mol. The molecule has 1 aliphatic carbocycles. The maximum absolute atomic E-state index is 12.5. The SMILES string of the molecule is Nc1ccc(C(=O)C2CCOC3(CCC3)C2)cc1Cl. The third-order valence-electron chi connectivity index (χ3n) is 4.41. The number of anilines is 1. The summed E-state index contributed by atoms with van der Waals surface area (Å²) in [6.45, 7) is 0.694. The third kappa shape index (κ3) is 2.37. The number of rotatable bonds is 2. The van der Waals surface area contributed by atoms with E-state index in [-0.39, 0.29) is 17.3 Å². The topological polar surface area (TPSA) is 52.3 Å². The van der Waals surface area contributed by atoms with E-state index in [9.17, 15) is 4.79 Å². The van der Waals surface area contributed by atoms with Crippen LogP contribution in [0.1, 0.15) is 42.5 Å². The van der Waals surface area contributed by atoms with Crippen molar-refractivity contribution in [3.8, 4) is 0 Å². The number of halogens is 1. The zero-order chi connectivity index (χ0) is 13.5. The van der Waals surface area contributed by atoms with Crippen molar-refractivity contribution in [2.45, 2.75) is 37.7 Å². The van der Waals surface area contributed by atoms with E-state index in [1.165, 1.54) is 6.42 Å². The van der Waals surface area contributed by atoms with Crippen molar-refractivity contribution in [2.24, 2.45) is 5.92 Å². The van der Waals surface area contributed by atoms with Crippen molar-refractivity contribution < 1.29 is 9.53 Å². The molecule has 1 unspecified atom stereocenters. The number of carbonyl (C=O) groups is 1. The molecule has 1 atom stereocenters. The van der Waals surface area contributed by atoms with E-state index in [1.807, 2.05) is 0 Å². The molecule has 1 saturated carbocycles. The van der Waals surface area contributed by atoms with Crippen molar-refractivity contribution in [1.29, 1.82) is 0 Å². The fraction of sp³-hybridized carbons (Fsp3) is 0.533. The quantitative estimate of drug-likeness (QED) is 0.666. The van der Waals surface area contributed by atoms with Crippen LogP contribution in [0.15, 0.2) is 18.2 Å². The van der Waals surface area contributed by atoms with Crippen molar-refractivity contribution in [3.63, 3.8) is 0 Å². The minimum atomic E-state index is -0.00379. The lowest BCUT2D eigenvalue weighted by atomic mass is 9.70. The summed E-state index contributed by atoms with van der Waals surface area (Å²) in [5.41, 5.74) is 6.86. The normalized spacial score (nSPS) is 25.0. The molecule has 1 aromatic carbocycles. The number of nitrogens with two attached hydrogens (primary N) is 1. The lowest BCUT2D eigenvalue weighted by Gasteiger charge is -2.46. The first-order valence-corrected chi connectivity index (χ1v) is 7.21. The highest BCUT2D eigenvalue weighted by Crippen LogP contribution is 2.45. The molecule has 3 rings (SSSR count). The highest BCUT2D eigenvalue weighted by molar-refractivity contribution is 6.33. The van der Waals surface area contributed by atoms with E-state index in [0.717, 1.165) is 25.7 Å².